The second-order valence-electron chi connectivity index (χ2n) is 4.68. The van der Waals surface area contributed by atoms with Crippen molar-refractivity contribution in [3.05, 3.63) is 47.0 Å². The third-order valence-electron chi connectivity index (χ3n) is 3.16. The third-order valence-corrected chi connectivity index (χ3v) is 3.16. The van der Waals surface area contributed by atoms with Gasteiger partial charge in [-0.3, -0.25) is 4.98 Å². The second-order valence-corrected chi connectivity index (χ2v) is 4.68. The number of aromatic nitrogens is 3. The van der Waals surface area contributed by atoms with E-state index in [0.29, 0.717) is 0 Å². The number of hydrogen-bond donors (Lipinski definition) is 1. The standard InChI is InChI=1S/C15H20N4O/c1-5-17-15(12-7-13(20-4)9-16-8-12)14-6-10(2)18-19-11(14)3/h6-9,15,17H,5H2,1-4H3. The van der Waals surface area contributed by atoms with E-state index in [4.69, 9.17) is 4.74 Å². The predicted octanol–water partition coefficient (Wildman–Crippen LogP) is 2.20. The lowest BCUT2D eigenvalue weighted by Gasteiger charge is -2.20. The van der Waals surface area contributed by atoms with Crippen LogP contribution in [0.25, 0.3) is 0 Å². The molecule has 2 rings (SSSR count). The Morgan fingerprint density at radius 2 is 2.00 bits per heavy atom. The first kappa shape index (κ1) is 14.4. The minimum atomic E-state index is 0.0387. The van der Waals surface area contributed by atoms with Crippen LogP contribution in [0.5, 0.6) is 5.75 Å². The third kappa shape index (κ3) is 3.11. The molecule has 0 bridgehead atoms. The number of nitrogens with zero attached hydrogens (tertiary/aromatic N) is 3. The van der Waals surface area contributed by atoms with E-state index in [1.165, 1.54) is 0 Å². The molecule has 5 heteroatoms. The van der Waals surface area contributed by atoms with Gasteiger partial charge in [0.1, 0.15) is 5.75 Å². The van der Waals surface area contributed by atoms with E-state index in [1.54, 1.807) is 13.3 Å². The number of ether oxygens (including phenoxy) is 1. The zero-order valence-electron chi connectivity index (χ0n) is 12.3. The minimum absolute atomic E-state index is 0.0387. The maximum Gasteiger partial charge on any atom is 0.137 e. The fourth-order valence-corrected chi connectivity index (χ4v) is 2.18. The molecule has 0 amide bonds. The number of rotatable bonds is 5. The van der Waals surface area contributed by atoms with E-state index in [2.05, 4.69) is 33.5 Å². The Morgan fingerprint density at radius 3 is 2.70 bits per heavy atom. The molecular weight excluding hydrogens is 252 g/mol. The molecule has 1 N–H and O–H groups in total. The van der Waals surface area contributed by atoms with E-state index in [-0.39, 0.29) is 6.04 Å². The Bertz CT molecular complexity index is 586. The van der Waals surface area contributed by atoms with Crippen LogP contribution in [0.3, 0.4) is 0 Å². The Balaban J connectivity index is 2.46. The van der Waals surface area contributed by atoms with Gasteiger partial charge in [-0.15, -0.1) is 0 Å². The van der Waals surface area contributed by atoms with Gasteiger partial charge in [0.15, 0.2) is 0 Å². The Labute approximate surface area is 119 Å². The maximum atomic E-state index is 5.25. The molecule has 106 valence electrons. The summed E-state index contributed by atoms with van der Waals surface area (Å²) in [7, 11) is 1.65. The van der Waals surface area contributed by atoms with Crippen molar-refractivity contribution in [2.75, 3.05) is 13.7 Å². The molecular formula is C15H20N4O. The van der Waals surface area contributed by atoms with E-state index in [1.807, 2.05) is 26.1 Å². The molecule has 20 heavy (non-hydrogen) atoms. The van der Waals surface area contributed by atoms with Gasteiger partial charge in [0.2, 0.25) is 0 Å². The van der Waals surface area contributed by atoms with Crippen LogP contribution in [0.2, 0.25) is 0 Å². The number of hydrogen-bond acceptors (Lipinski definition) is 5. The molecule has 0 aromatic carbocycles. The first-order chi connectivity index (χ1) is 9.65. The highest BCUT2D eigenvalue weighted by atomic mass is 16.5. The van der Waals surface area contributed by atoms with Gasteiger partial charge in [-0.05, 0) is 43.7 Å². The van der Waals surface area contributed by atoms with Crippen molar-refractivity contribution in [1.29, 1.82) is 0 Å². The van der Waals surface area contributed by atoms with Crippen LogP contribution in [0, 0.1) is 13.8 Å². The summed E-state index contributed by atoms with van der Waals surface area (Å²) >= 11 is 0. The topological polar surface area (TPSA) is 59.9 Å². The van der Waals surface area contributed by atoms with E-state index >= 15 is 0 Å². The van der Waals surface area contributed by atoms with Crippen LogP contribution >= 0.6 is 0 Å². The molecule has 0 saturated heterocycles. The van der Waals surface area contributed by atoms with Crippen molar-refractivity contribution in [2.24, 2.45) is 0 Å². The van der Waals surface area contributed by atoms with E-state index in [0.717, 1.165) is 34.8 Å². The highest BCUT2D eigenvalue weighted by Gasteiger charge is 2.17. The molecule has 0 aliphatic heterocycles. The smallest absolute Gasteiger partial charge is 0.137 e. The summed E-state index contributed by atoms with van der Waals surface area (Å²) in [4.78, 5) is 4.24. The van der Waals surface area contributed by atoms with Crippen LogP contribution in [0.4, 0.5) is 0 Å². The fraction of sp³-hybridized carbons (Fsp3) is 0.400. The molecule has 0 aliphatic carbocycles. The lowest BCUT2D eigenvalue weighted by molar-refractivity contribution is 0.411. The molecule has 0 spiro atoms. The van der Waals surface area contributed by atoms with Gasteiger partial charge in [-0.25, -0.2) is 0 Å². The maximum absolute atomic E-state index is 5.25. The average Bonchev–Trinajstić information content (AvgIpc) is 2.47. The zero-order valence-corrected chi connectivity index (χ0v) is 12.3. The highest BCUT2D eigenvalue weighted by molar-refractivity contribution is 5.36. The average molecular weight is 272 g/mol. The van der Waals surface area contributed by atoms with Gasteiger partial charge >= 0.3 is 0 Å². The number of pyridine rings is 1. The summed E-state index contributed by atoms with van der Waals surface area (Å²) in [5, 5.41) is 11.8. The molecule has 0 saturated carbocycles. The lowest BCUT2D eigenvalue weighted by Crippen LogP contribution is -2.23. The van der Waals surface area contributed by atoms with Crippen molar-refractivity contribution in [3.8, 4) is 5.75 Å². The van der Waals surface area contributed by atoms with Crippen LogP contribution in [-0.2, 0) is 0 Å². The molecule has 2 aromatic heterocycles. The summed E-state index contributed by atoms with van der Waals surface area (Å²) in [5.41, 5.74) is 4.00. The Kier molecular flexibility index (Phi) is 4.63. The van der Waals surface area contributed by atoms with Crippen molar-refractivity contribution >= 4 is 0 Å². The predicted molar refractivity (Wildman–Crippen MR) is 77.8 cm³/mol. The summed E-state index contributed by atoms with van der Waals surface area (Å²) in [6.07, 6.45) is 3.56. The minimum Gasteiger partial charge on any atom is -0.495 e. The van der Waals surface area contributed by atoms with Crippen LogP contribution < -0.4 is 10.1 Å². The van der Waals surface area contributed by atoms with E-state index < -0.39 is 0 Å². The molecule has 5 nitrogen and oxygen atoms in total. The summed E-state index contributed by atoms with van der Waals surface area (Å²) < 4.78 is 5.25. The van der Waals surface area contributed by atoms with Crippen molar-refractivity contribution in [2.45, 2.75) is 26.8 Å². The van der Waals surface area contributed by atoms with Crippen molar-refractivity contribution in [3.63, 3.8) is 0 Å². The summed E-state index contributed by atoms with van der Waals surface area (Å²) in [6.45, 7) is 6.85. The second kappa shape index (κ2) is 6.43. The lowest BCUT2D eigenvalue weighted by atomic mass is 9.98. The van der Waals surface area contributed by atoms with Gasteiger partial charge < -0.3 is 10.1 Å². The molecule has 2 heterocycles. The highest BCUT2D eigenvalue weighted by Crippen LogP contribution is 2.26. The molecule has 0 fully saturated rings. The first-order valence-corrected chi connectivity index (χ1v) is 6.68. The summed E-state index contributed by atoms with van der Waals surface area (Å²) in [5.74, 6) is 0.752. The first-order valence-electron chi connectivity index (χ1n) is 6.68. The quantitative estimate of drug-likeness (QED) is 0.904. The molecule has 1 atom stereocenters. The number of nitrogens with one attached hydrogen (secondary N) is 1. The SMILES string of the molecule is CCNC(c1cncc(OC)c1)c1cc(C)nnc1C. The molecule has 0 aliphatic rings. The van der Waals surface area contributed by atoms with Gasteiger partial charge in [0, 0.05) is 6.20 Å². The summed E-state index contributed by atoms with van der Waals surface area (Å²) in [6, 6.07) is 4.10. The van der Waals surface area contributed by atoms with Crippen molar-refractivity contribution < 1.29 is 4.74 Å². The van der Waals surface area contributed by atoms with Crippen LogP contribution in [0.15, 0.2) is 24.5 Å². The van der Waals surface area contributed by atoms with E-state index in [9.17, 15) is 0 Å². The normalized spacial score (nSPS) is 12.2. The Hall–Kier alpha value is -2.01. The zero-order chi connectivity index (χ0) is 14.5. The van der Waals surface area contributed by atoms with Gasteiger partial charge in [0.25, 0.3) is 0 Å². The van der Waals surface area contributed by atoms with Crippen LogP contribution in [-0.4, -0.2) is 28.8 Å². The number of aryl methyl sites for hydroxylation is 2. The Morgan fingerprint density at radius 1 is 1.20 bits per heavy atom. The van der Waals surface area contributed by atoms with Gasteiger partial charge in [-0.2, -0.15) is 10.2 Å². The van der Waals surface area contributed by atoms with Crippen LogP contribution in [0.1, 0.15) is 35.5 Å². The number of methoxy groups -OCH3 is 1. The molecule has 0 radical (unpaired) electrons. The van der Waals surface area contributed by atoms with Gasteiger partial charge in [-0.1, -0.05) is 6.92 Å². The van der Waals surface area contributed by atoms with Crippen molar-refractivity contribution in [1.82, 2.24) is 20.5 Å². The largest absolute Gasteiger partial charge is 0.495 e. The monoisotopic (exact) mass is 272 g/mol. The van der Waals surface area contributed by atoms with Gasteiger partial charge in [0.05, 0.1) is 30.7 Å². The molecule has 2 aromatic rings. The fourth-order valence-electron chi connectivity index (χ4n) is 2.18. The molecule has 1 unspecified atom stereocenters.